The van der Waals surface area contributed by atoms with E-state index < -0.39 is 11.3 Å². The van der Waals surface area contributed by atoms with Crippen LogP contribution in [0.25, 0.3) is 0 Å². The van der Waals surface area contributed by atoms with E-state index in [2.05, 4.69) is 16.7 Å². The molecule has 0 radical (unpaired) electrons. The summed E-state index contributed by atoms with van der Waals surface area (Å²) in [6.45, 7) is 0.0464. The molecule has 2 rings (SSSR count). The van der Waals surface area contributed by atoms with E-state index in [1.54, 1.807) is 24.3 Å². The number of benzene rings is 1. The van der Waals surface area contributed by atoms with Gasteiger partial charge in [-0.1, -0.05) is 11.8 Å². The van der Waals surface area contributed by atoms with Crippen molar-refractivity contribution in [1.29, 1.82) is 5.26 Å². The van der Waals surface area contributed by atoms with Gasteiger partial charge in [0.15, 0.2) is 0 Å². The Morgan fingerprint density at radius 3 is 2.50 bits per heavy atom. The van der Waals surface area contributed by atoms with Gasteiger partial charge in [0.05, 0.1) is 12.6 Å². The smallest absolute Gasteiger partial charge is 0.288 e. The van der Waals surface area contributed by atoms with Crippen molar-refractivity contribution in [2.45, 2.75) is 41.9 Å². The van der Waals surface area contributed by atoms with Gasteiger partial charge in [0.25, 0.3) is 5.76 Å². The minimum atomic E-state index is -2.45. The topological polar surface area (TPSA) is 64.9 Å². The predicted octanol–water partition coefficient (Wildman–Crippen LogP) is 3.37. The van der Waals surface area contributed by atoms with Crippen LogP contribution in [0.1, 0.15) is 25.7 Å². The lowest BCUT2D eigenvalue weighted by Gasteiger charge is -2.22. The Morgan fingerprint density at radius 1 is 1.32 bits per heavy atom. The van der Waals surface area contributed by atoms with Crippen LogP contribution in [0.4, 0.5) is 14.5 Å². The first-order valence-corrected chi connectivity index (χ1v) is 7.92. The number of thioether (sulfide) groups is 1. The average Bonchev–Trinajstić information content (AvgIpc) is 2.95. The first-order valence-electron chi connectivity index (χ1n) is 7.04. The number of anilines is 1. The predicted molar refractivity (Wildman–Crippen MR) is 81.7 cm³/mol. The molecule has 1 aliphatic carbocycles. The number of hydrogen-bond donors (Lipinski definition) is 2. The van der Waals surface area contributed by atoms with Gasteiger partial charge in [-0.05, 0) is 49.9 Å². The maximum Gasteiger partial charge on any atom is 0.288 e. The summed E-state index contributed by atoms with van der Waals surface area (Å²) < 4.78 is 24.4. The summed E-state index contributed by atoms with van der Waals surface area (Å²) in [5.41, 5.74) is -0.0533. The molecule has 0 spiro atoms. The monoisotopic (exact) mass is 325 g/mol. The first kappa shape index (κ1) is 16.6. The van der Waals surface area contributed by atoms with Crippen molar-refractivity contribution >= 4 is 23.4 Å². The molecule has 1 saturated carbocycles. The second-order valence-electron chi connectivity index (χ2n) is 5.21. The number of nitrogens with one attached hydrogen (secondary N) is 2. The molecule has 2 N–H and O–H groups in total. The molecule has 1 aromatic rings. The molecule has 1 aliphatic rings. The van der Waals surface area contributed by atoms with Gasteiger partial charge in [-0.3, -0.25) is 4.79 Å². The van der Waals surface area contributed by atoms with Crippen molar-refractivity contribution in [3.05, 3.63) is 24.3 Å². The Kier molecular flexibility index (Phi) is 5.61. The summed E-state index contributed by atoms with van der Waals surface area (Å²) in [4.78, 5) is 12.4. The summed E-state index contributed by atoms with van der Waals surface area (Å²) in [6, 6.07) is 8.64. The molecule has 118 valence electrons. The van der Waals surface area contributed by atoms with Gasteiger partial charge in [0.1, 0.15) is 5.54 Å². The Bertz CT molecular complexity index is 551. The number of carbonyl (C=O) groups excluding carboxylic acids is 1. The van der Waals surface area contributed by atoms with Crippen LogP contribution in [-0.4, -0.2) is 23.7 Å². The molecule has 0 heterocycles. The van der Waals surface area contributed by atoms with Crippen molar-refractivity contribution < 1.29 is 13.6 Å². The number of nitriles is 1. The lowest BCUT2D eigenvalue weighted by Crippen LogP contribution is -2.47. The maximum absolute atomic E-state index is 12.2. The van der Waals surface area contributed by atoms with Crippen molar-refractivity contribution in [3.8, 4) is 6.07 Å². The summed E-state index contributed by atoms with van der Waals surface area (Å²) in [7, 11) is 0. The van der Waals surface area contributed by atoms with E-state index >= 15 is 0 Å². The number of halogens is 2. The molecule has 0 aromatic heterocycles. The van der Waals surface area contributed by atoms with Crippen LogP contribution >= 0.6 is 11.8 Å². The number of alkyl halides is 2. The molecule has 7 heteroatoms. The molecule has 0 atom stereocenters. The Hall–Kier alpha value is -1.81. The summed E-state index contributed by atoms with van der Waals surface area (Å²) in [5, 5.41) is 14.9. The molecule has 1 amide bonds. The zero-order valence-corrected chi connectivity index (χ0v) is 12.8. The summed E-state index contributed by atoms with van der Waals surface area (Å²) in [5.74, 6) is -2.69. The van der Waals surface area contributed by atoms with E-state index in [0.717, 1.165) is 12.8 Å². The van der Waals surface area contributed by atoms with Crippen LogP contribution in [0.2, 0.25) is 0 Å². The Balaban J connectivity index is 1.82. The highest BCUT2D eigenvalue weighted by Crippen LogP contribution is 2.29. The summed E-state index contributed by atoms with van der Waals surface area (Å²) >= 11 is 0.479. The molecule has 0 bridgehead atoms. The zero-order valence-electron chi connectivity index (χ0n) is 11.9. The molecule has 22 heavy (non-hydrogen) atoms. The summed E-state index contributed by atoms with van der Waals surface area (Å²) in [6.07, 6.45) is 3.28. The van der Waals surface area contributed by atoms with E-state index in [4.69, 9.17) is 0 Å². The van der Waals surface area contributed by atoms with E-state index in [1.165, 1.54) is 0 Å². The maximum atomic E-state index is 12.2. The van der Waals surface area contributed by atoms with Crippen LogP contribution in [0.5, 0.6) is 0 Å². The van der Waals surface area contributed by atoms with Crippen LogP contribution in [0, 0.1) is 11.3 Å². The Labute approximate surface area is 132 Å². The van der Waals surface area contributed by atoms with Crippen LogP contribution in [-0.2, 0) is 4.79 Å². The van der Waals surface area contributed by atoms with Gasteiger partial charge in [-0.2, -0.15) is 14.0 Å². The van der Waals surface area contributed by atoms with Gasteiger partial charge < -0.3 is 10.6 Å². The normalized spacial score (nSPS) is 16.3. The van der Waals surface area contributed by atoms with E-state index in [1.807, 2.05) is 0 Å². The number of amides is 1. The molecular formula is C15H17F2N3OS. The molecule has 1 aromatic carbocycles. The van der Waals surface area contributed by atoms with Gasteiger partial charge in [-0.25, -0.2) is 0 Å². The van der Waals surface area contributed by atoms with E-state index in [9.17, 15) is 18.8 Å². The molecule has 4 nitrogen and oxygen atoms in total. The van der Waals surface area contributed by atoms with E-state index in [0.29, 0.717) is 35.2 Å². The SMILES string of the molecule is N#CC1(NC(=O)CNc2ccc(SC(F)F)cc2)CCCC1. The molecule has 1 fully saturated rings. The third kappa shape index (κ3) is 4.60. The van der Waals surface area contributed by atoms with Crippen LogP contribution < -0.4 is 10.6 Å². The minimum Gasteiger partial charge on any atom is -0.376 e. The highest BCUT2D eigenvalue weighted by Gasteiger charge is 2.35. The first-order chi connectivity index (χ1) is 10.5. The molecule has 0 saturated heterocycles. The third-order valence-corrected chi connectivity index (χ3v) is 4.30. The quantitative estimate of drug-likeness (QED) is 0.787. The lowest BCUT2D eigenvalue weighted by atomic mass is 10.00. The van der Waals surface area contributed by atoms with Gasteiger partial charge >= 0.3 is 0 Å². The highest BCUT2D eigenvalue weighted by molar-refractivity contribution is 7.99. The number of rotatable bonds is 6. The zero-order chi connectivity index (χ0) is 16.0. The van der Waals surface area contributed by atoms with Crippen LogP contribution in [0.15, 0.2) is 29.2 Å². The van der Waals surface area contributed by atoms with Crippen molar-refractivity contribution in [2.24, 2.45) is 0 Å². The number of carbonyl (C=O) groups is 1. The second-order valence-corrected chi connectivity index (χ2v) is 6.27. The van der Waals surface area contributed by atoms with Crippen molar-refractivity contribution in [2.75, 3.05) is 11.9 Å². The van der Waals surface area contributed by atoms with Crippen molar-refractivity contribution in [3.63, 3.8) is 0 Å². The third-order valence-electron chi connectivity index (χ3n) is 3.58. The molecular weight excluding hydrogens is 308 g/mol. The second kappa shape index (κ2) is 7.45. The van der Waals surface area contributed by atoms with Gasteiger partial charge in [-0.15, -0.1) is 0 Å². The highest BCUT2D eigenvalue weighted by atomic mass is 32.2. The van der Waals surface area contributed by atoms with Gasteiger partial charge in [0, 0.05) is 10.6 Å². The van der Waals surface area contributed by atoms with Crippen molar-refractivity contribution in [1.82, 2.24) is 5.32 Å². The lowest BCUT2D eigenvalue weighted by molar-refractivity contribution is -0.120. The van der Waals surface area contributed by atoms with E-state index in [-0.39, 0.29) is 12.5 Å². The number of nitrogens with zero attached hydrogens (tertiary/aromatic N) is 1. The number of hydrogen-bond acceptors (Lipinski definition) is 4. The fourth-order valence-electron chi connectivity index (χ4n) is 2.49. The Morgan fingerprint density at radius 2 is 1.95 bits per heavy atom. The van der Waals surface area contributed by atoms with Gasteiger partial charge in [0.2, 0.25) is 5.91 Å². The fourth-order valence-corrected chi connectivity index (χ4v) is 2.99. The minimum absolute atomic E-state index is 0.0464. The fraction of sp³-hybridized carbons (Fsp3) is 0.467. The standard InChI is InChI=1S/C15H17F2N3OS/c16-14(17)22-12-5-3-11(4-6-12)19-9-13(21)20-15(10-18)7-1-2-8-15/h3-6,14,19H,1-2,7-9H2,(H,20,21). The molecule has 0 unspecified atom stereocenters. The average molecular weight is 325 g/mol. The van der Waals surface area contributed by atoms with Crippen LogP contribution in [0.3, 0.4) is 0 Å². The molecule has 0 aliphatic heterocycles. The largest absolute Gasteiger partial charge is 0.376 e.